The molecule has 2 unspecified atom stereocenters. The van der Waals surface area contributed by atoms with Gasteiger partial charge in [-0.2, -0.15) is 0 Å². The van der Waals surface area contributed by atoms with E-state index in [-0.39, 0.29) is 6.10 Å². The number of hydrogen-bond acceptors (Lipinski definition) is 1. The Balaban J connectivity index is 1.70. The van der Waals surface area contributed by atoms with Crippen LogP contribution in [0.1, 0.15) is 46.5 Å². The molecule has 4 saturated carbocycles. The van der Waals surface area contributed by atoms with E-state index in [1.807, 2.05) is 6.92 Å². The van der Waals surface area contributed by atoms with Gasteiger partial charge < -0.3 is 5.11 Å². The molecule has 6 atom stereocenters. The third-order valence-corrected chi connectivity index (χ3v) is 6.63. The molecule has 1 heteroatoms. The molecule has 0 saturated heterocycles. The molecule has 1 N–H and O–H groups in total. The molecular formula is C15H24O. The predicted molar refractivity (Wildman–Crippen MR) is 66.0 cm³/mol. The molecule has 90 valence electrons. The van der Waals surface area contributed by atoms with Crippen molar-refractivity contribution in [3.63, 3.8) is 0 Å². The summed E-state index contributed by atoms with van der Waals surface area (Å²) in [4.78, 5) is 0. The van der Waals surface area contributed by atoms with Gasteiger partial charge in [0.1, 0.15) is 0 Å². The van der Waals surface area contributed by atoms with Crippen molar-refractivity contribution in [1.29, 1.82) is 0 Å². The van der Waals surface area contributed by atoms with Crippen LogP contribution in [0, 0.1) is 28.6 Å². The molecule has 0 spiro atoms. The standard InChI is InChI=1S/C15H24O/c1-9(2)13(16)5-6-14(3)10-7-11-12(8-10)15(11,14)4/h10-13,16H,1,5-8H2,2-4H3/t10?,11-,12+,13-,14+,15?/m0/s1. The molecule has 1 nitrogen and oxygen atoms in total. The van der Waals surface area contributed by atoms with Crippen LogP contribution in [0.15, 0.2) is 12.2 Å². The van der Waals surface area contributed by atoms with Crippen molar-refractivity contribution in [2.45, 2.75) is 52.6 Å². The van der Waals surface area contributed by atoms with Crippen LogP contribution in [0.3, 0.4) is 0 Å². The lowest BCUT2D eigenvalue weighted by Gasteiger charge is -2.35. The monoisotopic (exact) mass is 220 g/mol. The summed E-state index contributed by atoms with van der Waals surface area (Å²) in [7, 11) is 0. The highest BCUT2D eigenvalue weighted by Crippen LogP contribution is 2.87. The van der Waals surface area contributed by atoms with E-state index in [1.54, 1.807) is 0 Å². The maximum Gasteiger partial charge on any atom is 0.0745 e. The van der Waals surface area contributed by atoms with Gasteiger partial charge in [-0.1, -0.05) is 26.0 Å². The third-order valence-electron chi connectivity index (χ3n) is 6.63. The second-order valence-electron chi connectivity index (χ2n) is 6.98. The second-order valence-corrected chi connectivity index (χ2v) is 6.98. The number of hydrogen-bond donors (Lipinski definition) is 1. The maximum absolute atomic E-state index is 9.89. The van der Waals surface area contributed by atoms with Gasteiger partial charge in [-0.25, -0.2) is 0 Å². The Labute approximate surface area is 98.9 Å². The zero-order chi connectivity index (χ0) is 11.7. The Bertz CT molecular complexity index is 333. The lowest BCUT2D eigenvalue weighted by molar-refractivity contribution is 0.112. The van der Waals surface area contributed by atoms with Crippen molar-refractivity contribution < 1.29 is 5.11 Å². The van der Waals surface area contributed by atoms with Crippen LogP contribution >= 0.6 is 0 Å². The van der Waals surface area contributed by atoms with Crippen LogP contribution in [0.25, 0.3) is 0 Å². The number of aliphatic hydroxyl groups is 1. The van der Waals surface area contributed by atoms with Crippen LogP contribution in [0.4, 0.5) is 0 Å². The van der Waals surface area contributed by atoms with Gasteiger partial charge in [0.2, 0.25) is 0 Å². The number of rotatable bonds is 4. The molecule has 4 aliphatic carbocycles. The highest BCUT2D eigenvalue weighted by molar-refractivity contribution is 5.28. The minimum Gasteiger partial charge on any atom is -0.389 e. The molecule has 4 bridgehead atoms. The molecule has 4 fully saturated rings. The van der Waals surface area contributed by atoms with Crippen molar-refractivity contribution in [1.82, 2.24) is 0 Å². The van der Waals surface area contributed by atoms with Gasteiger partial charge in [-0.3, -0.25) is 0 Å². The largest absolute Gasteiger partial charge is 0.389 e. The van der Waals surface area contributed by atoms with Gasteiger partial charge in [0.05, 0.1) is 6.10 Å². The Hall–Kier alpha value is -0.300. The highest BCUT2D eigenvalue weighted by atomic mass is 16.3. The van der Waals surface area contributed by atoms with Crippen LogP contribution in [0.2, 0.25) is 0 Å². The second kappa shape index (κ2) is 2.93. The summed E-state index contributed by atoms with van der Waals surface area (Å²) in [5.74, 6) is 3.01. The maximum atomic E-state index is 9.89. The van der Waals surface area contributed by atoms with Crippen molar-refractivity contribution in [3.05, 3.63) is 12.2 Å². The molecule has 0 aromatic heterocycles. The van der Waals surface area contributed by atoms with Crippen molar-refractivity contribution >= 4 is 0 Å². The fourth-order valence-corrected chi connectivity index (χ4v) is 5.19. The van der Waals surface area contributed by atoms with E-state index in [1.165, 1.54) is 19.3 Å². The normalized spacial score (nSPS) is 54.1. The quantitative estimate of drug-likeness (QED) is 0.720. The summed E-state index contributed by atoms with van der Waals surface area (Å²) < 4.78 is 0. The van der Waals surface area contributed by atoms with E-state index >= 15 is 0 Å². The molecule has 0 radical (unpaired) electrons. The van der Waals surface area contributed by atoms with E-state index in [4.69, 9.17) is 0 Å². The Kier molecular flexibility index (Phi) is 1.98. The zero-order valence-corrected chi connectivity index (χ0v) is 10.8. The van der Waals surface area contributed by atoms with E-state index in [0.29, 0.717) is 10.8 Å². The first-order chi connectivity index (χ1) is 7.41. The molecule has 4 rings (SSSR count). The molecule has 0 heterocycles. The van der Waals surface area contributed by atoms with Gasteiger partial charge in [-0.15, -0.1) is 0 Å². The molecule has 0 amide bonds. The third kappa shape index (κ3) is 1.01. The first-order valence-corrected chi connectivity index (χ1v) is 6.74. The summed E-state index contributed by atoms with van der Waals surface area (Å²) in [6, 6.07) is 0. The Morgan fingerprint density at radius 3 is 2.31 bits per heavy atom. The molecule has 16 heavy (non-hydrogen) atoms. The van der Waals surface area contributed by atoms with E-state index in [9.17, 15) is 5.11 Å². The van der Waals surface area contributed by atoms with Crippen molar-refractivity contribution in [3.8, 4) is 0 Å². The lowest BCUT2D eigenvalue weighted by atomic mass is 9.70. The fourth-order valence-electron chi connectivity index (χ4n) is 5.19. The average molecular weight is 220 g/mol. The topological polar surface area (TPSA) is 20.2 Å². The Morgan fingerprint density at radius 1 is 1.38 bits per heavy atom. The van der Waals surface area contributed by atoms with E-state index < -0.39 is 0 Å². The summed E-state index contributed by atoms with van der Waals surface area (Å²) in [5, 5.41) is 9.89. The minimum absolute atomic E-state index is 0.282. The fraction of sp³-hybridized carbons (Fsp3) is 0.867. The van der Waals surface area contributed by atoms with Crippen molar-refractivity contribution in [2.75, 3.05) is 0 Å². The van der Waals surface area contributed by atoms with Crippen LogP contribution in [-0.2, 0) is 0 Å². The SMILES string of the molecule is C=C(C)[C@@H](O)CC[C@]1(C)C2C[C@@H]3[C@H](C2)C31C. The summed E-state index contributed by atoms with van der Waals surface area (Å²) in [6.45, 7) is 10.8. The molecule has 0 aromatic rings. The summed E-state index contributed by atoms with van der Waals surface area (Å²) >= 11 is 0. The van der Waals surface area contributed by atoms with Gasteiger partial charge in [-0.05, 0) is 61.2 Å². The van der Waals surface area contributed by atoms with Gasteiger partial charge in [0.15, 0.2) is 0 Å². The summed E-state index contributed by atoms with van der Waals surface area (Å²) in [6.07, 6.45) is 4.77. The van der Waals surface area contributed by atoms with Crippen LogP contribution in [-0.4, -0.2) is 11.2 Å². The van der Waals surface area contributed by atoms with E-state index in [2.05, 4.69) is 20.4 Å². The van der Waals surface area contributed by atoms with Gasteiger partial charge in [0.25, 0.3) is 0 Å². The van der Waals surface area contributed by atoms with E-state index in [0.717, 1.165) is 29.7 Å². The molecule has 4 aliphatic rings. The van der Waals surface area contributed by atoms with Gasteiger partial charge >= 0.3 is 0 Å². The summed E-state index contributed by atoms with van der Waals surface area (Å²) in [5.41, 5.74) is 2.07. The van der Waals surface area contributed by atoms with Crippen LogP contribution in [0.5, 0.6) is 0 Å². The molecule has 0 aromatic carbocycles. The minimum atomic E-state index is -0.282. The van der Waals surface area contributed by atoms with Crippen molar-refractivity contribution in [2.24, 2.45) is 28.6 Å². The smallest absolute Gasteiger partial charge is 0.0745 e. The Morgan fingerprint density at radius 2 is 1.94 bits per heavy atom. The lowest BCUT2D eigenvalue weighted by Crippen LogP contribution is -2.28. The first kappa shape index (κ1) is 10.8. The average Bonchev–Trinajstić information content (AvgIpc) is 2.58. The zero-order valence-electron chi connectivity index (χ0n) is 10.8. The molecular weight excluding hydrogens is 196 g/mol. The number of aliphatic hydroxyl groups excluding tert-OH is 1. The first-order valence-electron chi connectivity index (χ1n) is 6.74. The van der Waals surface area contributed by atoms with Gasteiger partial charge in [0, 0.05) is 0 Å². The van der Waals surface area contributed by atoms with Crippen LogP contribution < -0.4 is 0 Å². The molecule has 0 aliphatic heterocycles. The predicted octanol–water partition coefficient (Wildman–Crippen LogP) is 3.39. The highest BCUT2D eigenvalue weighted by Gasteiger charge is 2.80.